The zero-order valence-electron chi connectivity index (χ0n) is 11.4. The van der Waals surface area contributed by atoms with Crippen LogP contribution >= 0.6 is 0 Å². The van der Waals surface area contributed by atoms with E-state index in [2.05, 4.69) is 12.2 Å². The van der Waals surface area contributed by atoms with Gasteiger partial charge in [0.1, 0.15) is 6.23 Å². The molecule has 0 saturated carbocycles. The monoisotopic (exact) mass is 249 g/mol. The molecule has 1 aromatic rings. The van der Waals surface area contributed by atoms with Crippen LogP contribution in [0.5, 0.6) is 0 Å². The van der Waals surface area contributed by atoms with E-state index in [4.69, 9.17) is 15.9 Å². The molecule has 0 aliphatic heterocycles. The van der Waals surface area contributed by atoms with Crippen LogP contribution in [0.4, 0.5) is 11.4 Å². The quantitative estimate of drug-likeness (QED) is 0.395. The predicted octanol–water partition coefficient (Wildman–Crippen LogP) is 3.15. The van der Waals surface area contributed by atoms with Crippen molar-refractivity contribution in [3.05, 3.63) is 23.3 Å². The van der Waals surface area contributed by atoms with Gasteiger partial charge >= 0.3 is 0 Å². The van der Waals surface area contributed by atoms with E-state index >= 15 is 0 Å². The number of anilines is 2. The molecule has 0 bridgehead atoms. The van der Waals surface area contributed by atoms with Gasteiger partial charge in [-0.25, -0.2) is 0 Å². The molecular weight excluding hydrogens is 226 g/mol. The number of nitrogens with one attached hydrogen (secondary N) is 2. The normalized spacial score (nSPS) is 12.2. The Kier molecular flexibility index (Phi) is 5.65. The van der Waals surface area contributed by atoms with E-state index in [0.717, 1.165) is 29.7 Å². The van der Waals surface area contributed by atoms with Gasteiger partial charge in [0.25, 0.3) is 0 Å². The molecule has 1 atom stereocenters. The van der Waals surface area contributed by atoms with Crippen molar-refractivity contribution in [3.8, 4) is 0 Å². The fraction of sp³-hybridized carbons (Fsp3) is 0.500. The van der Waals surface area contributed by atoms with Crippen molar-refractivity contribution in [2.45, 2.75) is 39.8 Å². The Hall–Kier alpha value is -1.55. The lowest BCUT2D eigenvalue weighted by atomic mass is 10.1. The molecule has 4 N–H and O–H groups in total. The molecule has 0 radical (unpaired) electrons. The van der Waals surface area contributed by atoms with Crippen molar-refractivity contribution in [1.29, 1.82) is 5.41 Å². The van der Waals surface area contributed by atoms with E-state index in [1.807, 2.05) is 26.0 Å². The van der Waals surface area contributed by atoms with Gasteiger partial charge in [-0.3, -0.25) is 0 Å². The largest absolute Gasteiger partial charge is 0.398 e. The van der Waals surface area contributed by atoms with Crippen molar-refractivity contribution in [2.24, 2.45) is 0 Å². The summed E-state index contributed by atoms with van der Waals surface area (Å²) in [6, 6.07) is 3.91. The molecule has 0 fully saturated rings. The number of hydrogen-bond donors (Lipinski definition) is 3. The van der Waals surface area contributed by atoms with E-state index in [9.17, 15) is 0 Å². The molecule has 0 aliphatic rings. The first-order valence-electron chi connectivity index (χ1n) is 6.41. The lowest BCUT2D eigenvalue weighted by Crippen LogP contribution is -2.24. The van der Waals surface area contributed by atoms with Crippen molar-refractivity contribution in [2.75, 3.05) is 17.7 Å². The van der Waals surface area contributed by atoms with Gasteiger partial charge in [-0.05, 0) is 31.9 Å². The molecule has 0 heterocycles. The molecule has 4 heteroatoms. The molecule has 4 nitrogen and oxygen atoms in total. The van der Waals surface area contributed by atoms with E-state index in [1.165, 1.54) is 6.21 Å². The number of aryl methyl sites for hydroxylation is 1. The van der Waals surface area contributed by atoms with E-state index in [0.29, 0.717) is 12.3 Å². The van der Waals surface area contributed by atoms with E-state index in [-0.39, 0.29) is 6.23 Å². The van der Waals surface area contributed by atoms with Crippen LogP contribution in [0.3, 0.4) is 0 Å². The van der Waals surface area contributed by atoms with E-state index < -0.39 is 0 Å². The number of hydrogen-bond acceptors (Lipinski definition) is 4. The van der Waals surface area contributed by atoms with Gasteiger partial charge in [-0.15, -0.1) is 0 Å². The average molecular weight is 249 g/mol. The number of rotatable bonds is 7. The third-order valence-electron chi connectivity index (χ3n) is 2.88. The van der Waals surface area contributed by atoms with Crippen LogP contribution in [-0.2, 0) is 4.74 Å². The Morgan fingerprint density at radius 2 is 2.17 bits per heavy atom. The van der Waals surface area contributed by atoms with Crippen LogP contribution in [0.25, 0.3) is 0 Å². The Morgan fingerprint density at radius 1 is 1.44 bits per heavy atom. The minimum Gasteiger partial charge on any atom is -0.398 e. The van der Waals surface area contributed by atoms with Crippen LogP contribution < -0.4 is 11.1 Å². The summed E-state index contributed by atoms with van der Waals surface area (Å²) in [6.45, 7) is 6.71. The number of benzene rings is 1. The second-order valence-corrected chi connectivity index (χ2v) is 4.28. The maximum absolute atomic E-state index is 7.48. The fourth-order valence-corrected chi connectivity index (χ4v) is 1.86. The van der Waals surface area contributed by atoms with Gasteiger partial charge in [-0.2, -0.15) is 0 Å². The summed E-state index contributed by atoms with van der Waals surface area (Å²) in [7, 11) is 0. The van der Waals surface area contributed by atoms with Gasteiger partial charge in [-0.1, -0.05) is 19.4 Å². The molecule has 0 aliphatic carbocycles. The van der Waals surface area contributed by atoms with Crippen LogP contribution in [0.2, 0.25) is 0 Å². The standard InChI is InChI=1S/C14H23N3O/c1-4-6-13(18-5-2)17-12-8-7-10(3)14(16)11(12)9-15/h7-9,13,15,17H,4-6,16H2,1-3H3. The van der Waals surface area contributed by atoms with Gasteiger partial charge in [0.15, 0.2) is 0 Å². The van der Waals surface area contributed by atoms with Crippen LogP contribution in [0.15, 0.2) is 12.1 Å². The highest BCUT2D eigenvalue weighted by Crippen LogP contribution is 2.25. The summed E-state index contributed by atoms with van der Waals surface area (Å²) in [5.41, 5.74) is 9.22. The summed E-state index contributed by atoms with van der Waals surface area (Å²) in [5, 5.41) is 10.8. The molecule has 0 spiro atoms. The van der Waals surface area contributed by atoms with Crippen LogP contribution in [0.1, 0.15) is 37.8 Å². The summed E-state index contributed by atoms with van der Waals surface area (Å²) in [6.07, 6.45) is 3.23. The van der Waals surface area contributed by atoms with E-state index in [1.54, 1.807) is 0 Å². The topological polar surface area (TPSA) is 71.1 Å². The Bertz CT molecular complexity index is 398. The maximum atomic E-state index is 7.48. The lowest BCUT2D eigenvalue weighted by Gasteiger charge is -2.21. The minimum absolute atomic E-state index is 0.0270. The third kappa shape index (κ3) is 3.47. The lowest BCUT2D eigenvalue weighted by molar-refractivity contribution is 0.0762. The zero-order chi connectivity index (χ0) is 13.5. The van der Waals surface area contributed by atoms with Crippen molar-refractivity contribution >= 4 is 17.6 Å². The molecule has 0 aromatic heterocycles. The third-order valence-corrected chi connectivity index (χ3v) is 2.88. The Labute approximate surface area is 109 Å². The second kappa shape index (κ2) is 7.01. The zero-order valence-corrected chi connectivity index (χ0v) is 11.4. The smallest absolute Gasteiger partial charge is 0.127 e. The van der Waals surface area contributed by atoms with Crippen molar-refractivity contribution < 1.29 is 4.74 Å². The fourth-order valence-electron chi connectivity index (χ4n) is 1.86. The highest BCUT2D eigenvalue weighted by Gasteiger charge is 2.11. The molecule has 1 rings (SSSR count). The molecule has 0 saturated heterocycles. The summed E-state index contributed by atoms with van der Waals surface area (Å²) < 4.78 is 5.63. The first kappa shape index (κ1) is 14.5. The Morgan fingerprint density at radius 3 is 2.72 bits per heavy atom. The van der Waals surface area contributed by atoms with Gasteiger partial charge in [0.05, 0.1) is 0 Å². The summed E-state index contributed by atoms with van der Waals surface area (Å²) in [5.74, 6) is 0. The molecule has 1 aromatic carbocycles. The van der Waals surface area contributed by atoms with Gasteiger partial charge < -0.3 is 21.2 Å². The molecule has 1 unspecified atom stereocenters. The molecular formula is C14H23N3O. The van der Waals surface area contributed by atoms with Crippen molar-refractivity contribution in [3.63, 3.8) is 0 Å². The number of nitrogen functional groups attached to an aromatic ring is 1. The Balaban J connectivity index is 2.94. The average Bonchev–Trinajstić information content (AvgIpc) is 2.35. The van der Waals surface area contributed by atoms with Crippen molar-refractivity contribution in [1.82, 2.24) is 0 Å². The number of nitrogens with two attached hydrogens (primary N) is 1. The highest BCUT2D eigenvalue weighted by atomic mass is 16.5. The first-order valence-corrected chi connectivity index (χ1v) is 6.41. The van der Waals surface area contributed by atoms with Crippen LogP contribution in [-0.4, -0.2) is 19.0 Å². The minimum atomic E-state index is -0.0270. The summed E-state index contributed by atoms with van der Waals surface area (Å²) in [4.78, 5) is 0. The molecule has 18 heavy (non-hydrogen) atoms. The second-order valence-electron chi connectivity index (χ2n) is 4.28. The van der Waals surface area contributed by atoms with Gasteiger partial charge in [0.2, 0.25) is 0 Å². The van der Waals surface area contributed by atoms with Crippen LogP contribution in [0, 0.1) is 12.3 Å². The summed E-state index contributed by atoms with van der Waals surface area (Å²) >= 11 is 0. The molecule has 0 amide bonds. The van der Waals surface area contributed by atoms with Gasteiger partial charge in [0, 0.05) is 29.8 Å². The predicted molar refractivity (Wildman–Crippen MR) is 77.4 cm³/mol. The SMILES string of the molecule is CCCC(Nc1ccc(C)c(N)c1C=N)OCC. The molecule has 100 valence electrons. The number of ether oxygens (including phenoxy) is 1. The first-order chi connectivity index (χ1) is 8.63. The maximum Gasteiger partial charge on any atom is 0.127 e. The highest BCUT2D eigenvalue weighted by molar-refractivity contribution is 5.93.